The number of carbonyl (C=O) groups excluding carboxylic acids is 1. The van der Waals surface area contributed by atoms with E-state index in [1.54, 1.807) is 17.5 Å². The van der Waals surface area contributed by atoms with E-state index in [1.807, 2.05) is 13.0 Å². The number of benzene rings is 1. The predicted octanol–water partition coefficient (Wildman–Crippen LogP) is 4.01. The number of aromatic nitrogens is 1. The van der Waals surface area contributed by atoms with Crippen LogP contribution in [0.2, 0.25) is 10.0 Å². The second kappa shape index (κ2) is 6.90. The van der Waals surface area contributed by atoms with Gasteiger partial charge in [0.25, 0.3) is 0 Å². The maximum atomic E-state index is 12.1. The van der Waals surface area contributed by atoms with Crippen LogP contribution in [0.15, 0.2) is 23.6 Å². The Balaban J connectivity index is 2.05. The molecule has 0 aliphatic rings. The molecule has 1 heterocycles. The van der Waals surface area contributed by atoms with E-state index in [1.165, 1.54) is 17.4 Å². The van der Waals surface area contributed by atoms with Crippen LogP contribution in [0, 0.1) is 18.3 Å². The minimum Gasteiger partial charge on any atom is -0.484 e. The van der Waals surface area contributed by atoms with Crippen LogP contribution >= 0.6 is 34.5 Å². The summed E-state index contributed by atoms with van der Waals surface area (Å²) < 4.78 is 5.35. The molecule has 1 atom stereocenters. The molecule has 0 saturated heterocycles. The van der Waals surface area contributed by atoms with Gasteiger partial charge in [0.1, 0.15) is 17.4 Å². The number of nitriles is 1. The van der Waals surface area contributed by atoms with Crippen molar-refractivity contribution in [1.82, 2.24) is 4.98 Å². The van der Waals surface area contributed by atoms with E-state index in [2.05, 4.69) is 4.98 Å². The lowest BCUT2D eigenvalue weighted by Crippen LogP contribution is -2.19. The normalized spacial score (nSPS) is 11.7. The molecule has 1 aromatic carbocycles. The molecule has 0 amide bonds. The Morgan fingerprint density at radius 1 is 1.52 bits per heavy atom. The Morgan fingerprint density at radius 3 is 2.86 bits per heavy atom. The average molecular weight is 341 g/mol. The number of nitrogens with zero attached hydrogens (tertiary/aromatic N) is 2. The van der Waals surface area contributed by atoms with Crippen LogP contribution in [0.1, 0.15) is 16.6 Å². The first-order chi connectivity index (χ1) is 10.0. The highest BCUT2D eigenvalue weighted by Gasteiger charge is 2.24. The molecule has 1 aromatic heterocycles. The van der Waals surface area contributed by atoms with Crippen LogP contribution in [-0.2, 0) is 4.79 Å². The Bertz CT molecular complexity index is 709. The second-order valence-corrected chi connectivity index (χ2v) is 5.95. The summed E-state index contributed by atoms with van der Waals surface area (Å²) in [5.41, 5.74) is 0.782. The number of rotatable bonds is 5. The summed E-state index contributed by atoms with van der Waals surface area (Å²) in [4.78, 5) is 16.2. The summed E-state index contributed by atoms with van der Waals surface area (Å²) in [5.74, 6) is -0.936. The standard InChI is InChI=1S/C14H10Cl2N2O2S/c1-8-7-21-14(18-8)10(5-17)12(19)6-20-13-3-2-9(15)4-11(13)16/h2-4,7,10H,6H2,1H3/t10-/m0/s1. The van der Waals surface area contributed by atoms with Crippen LogP contribution in [0.5, 0.6) is 5.75 Å². The lowest BCUT2D eigenvalue weighted by Gasteiger charge is -2.09. The van der Waals surface area contributed by atoms with Gasteiger partial charge in [-0.05, 0) is 25.1 Å². The van der Waals surface area contributed by atoms with Crippen LogP contribution in [0.3, 0.4) is 0 Å². The first-order valence-corrected chi connectivity index (χ1v) is 7.57. The van der Waals surface area contributed by atoms with Crippen molar-refractivity contribution in [2.75, 3.05) is 6.61 Å². The van der Waals surface area contributed by atoms with Crippen molar-refractivity contribution in [3.63, 3.8) is 0 Å². The Hall–Kier alpha value is -1.61. The first-order valence-electron chi connectivity index (χ1n) is 5.93. The van der Waals surface area contributed by atoms with E-state index in [-0.39, 0.29) is 12.4 Å². The molecule has 0 N–H and O–H groups in total. The zero-order valence-electron chi connectivity index (χ0n) is 11.0. The molecule has 0 aliphatic heterocycles. The molecule has 0 bridgehead atoms. The van der Waals surface area contributed by atoms with E-state index in [0.717, 1.165) is 5.69 Å². The van der Waals surface area contributed by atoms with E-state index in [4.69, 9.17) is 33.2 Å². The van der Waals surface area contributed by atoms with Gasteiger partial charge in [0.05, 0.1) is 11.1 Å². The number of thiazole rings is 1. The molecule has 108 valence electrons. The second-order valence-electron chi connectivity index (χ2n) is 4.22. The highest BCUT2D eigenvalue weighted by molar-refractivity contribution is 7.09. The van der Waals surface area contributed by atoms with Crippen molar-refractivity contribution in [2.24, 2.45) is 0 Å². The van der Waals surface area contributed by atoms with Crippen molar-refractivity contribution in [1.29, 1.82) is 5.26 Å². The molecule has 2 rings (SSSR count). The number of aryl methyl sites for hydroxylation is 1. The molecule has 0 unspecified atom stereocenters. The van der Waals surface area contributed by atoms with Crippen LogP contribution in [0.25, 0.3) is 0 Å². The maximum absolute atomic E-state index is 12.1. The topological polar surface area (TPSA) is 63.0 Å². The van der Waals surface area contributed by atoms with Crippen LogP contribution in [0.4, 0.5) is 0 Å². The SMILES string of the molecule is Cc1csc([C@@H](C#N)C(=O)COc2ccc(Cl)cc2Cl)n1. The van der Waals surface area contributed by atoms with Gasteiger partial charge in [-0.15, -0.1) is 11.3 Å². The van der Waals surface area contributed by atoms with Gasteiger partial charge < -0.3 is 4.74 Å². The summed E-state index contributed by atoms with van der Waals surface area (Å²) in [6.07, 6.45) is 0. The molecule has 2 aromatic rings. The molecule has 0 radical (unpaired) electrons. The van der Waals surface area contributed by atoms with E-state index in [0.29, 0.717) is 20.8 Å². The van der Waals surface area contributed by atoms with E-state index < -0.39 is 5.92 Å². The third-order valence-electron chi connectivity index (χ3n) is 2.60. The van der Waals surface area contributed by atoms with Crippen molar-refractivity contribution < 1.29 is 9.53 Å². The van der Waals surface area contributed by atoms with Crippen LogP contribution < -0.4 is 4.74 Å². The van der Waals surface area contributed by atoms with Gasteiger partial charge in [0.15, 0.2) is 11.7 Å². The van der Waals surface area contributed by atoms with Crippen molar-refractivity contribution in [2.45, 2.75) is 12.8 Å². The zero-order valence-corrected chi connectivity index (χ0v) is 13.3. The van der Waals surface area contributed by atoms with Crippen LogP contribution in [-0.4, -0.2) is 17.4 Å². The van der Waals surface area contributed by atoms with Gasteiger partial charge in [0.2, 0.25) is 0 Å². The Morgan fingerprint density at radius 2 is 2.29 bits per heavy atom. The maximum Gasteiger partial charge on any atom is 0.194 e. The van der Waals surface area contributed by atoms with Gasteiger partial charge in [-0.25, -0.2) is 4.98 Å². The molecule has 0 fully saturated rings. The Kier molecular flexibility index (Phi) is 5.18. The van der Waals surface area contributed by atoms with Gasteiger partial charge in [-0.2, -0.15) is 5.26 Å². The molecular formula is C14H10Cl2N2O2S. The average Bonchev–Trinajstić information content (AvgIpc) is 2.85. The summed E-state index contributed by atoms with van der Waals surface area (Å²) in [6.45, 7) is 1.56. The minimum absolute atomic E-state index is 0.252. The fourth-order valence-electron chi connectivity index (χ4n) is 1.59. The summed E-state index contributed by atoms with van der Waals surface area (Å²) in [6, 6.07) is 6.67. The third-order valence-corrected chi connectivity index (χ3v) is 4.16. The number of hydrogen-bond acceptors (Lipinski definition) is 5. The lowest BCUT2D eigenvalue weighted by atomic mass is 10.1. The number of ketones is 1. The highest BCUT2D eigenvalue weighted by Crippen LogP contribution is 2.28. The highest BCUT2D eigenvalue weighted by atomic mass is 35.5. The molecule has 7 heteroatoms. The largest absolute Gasteiger partial charge is 0.484 e. The molecule has 4 nitrogen and oxygen atoms in total. The van der Waals surface area contributed by atoms with Crippen molar-refractivity contribution >= 4 is 40.3 Å². The predicted molar refractivity (Wildman–Crippen MR) is 82.2 cm³/mol. The number of hydrogen-bond donors (Lipinski definition) is 0. The minimum atomic E-state index is -0.922. The number of halogens is 2. The molecular weight excluding hydrogens is 331 g/mol. The lowest BCUT2D eigenvalue weighted by molar-refractivity contribution is -0.121. The fourth-order valence-corrected chi connectivity index (χ4v) is 2.92. The van der Waals surface area contributed by atoms with Gasteiger partial charge in [-0.1, -0.05) is 23.2 Å². The smallest absolute Gasteiger partial charge is 0.194 e. The fraction of sp³-hybridized carbons (Fsp3) is 0.214. The third kappa shape index (κ3) is 3.94. The summed E-state index contributed by atoms with van der Waals surface area (Å²) in [5, 5.41) is 12.2. The monoisotopic (exact) mass is 340 g/mol. The summed E-state index contributed by atoms with van der Waals surface area (Å²) >= 11 is 13.0. The van der Waals surface area contributed by atoms with Gasteiger partial charge in [0, 0.05) is 16.1 Å². The van der Waals surface area contributed by atoms with Crippen molar-refractivity contribution in [3.8, 4) is 11.8 Å². The Labute approximate surface area is 135 Å². The van der Waals surface area contributed by atoms with Gasteiger partial charge in [-0.3, -0.25) is 4.79 Å². The number of carbonyl (C=O) groups is 1. The van der Waals surface area contributed by atoms with Crippen molar-refractivity contribution in [3.05, 3.63) is 44.3 Å². The molecule has 21 heavy (non-hydrogen) atoms. The molecule has 0 saturated carbocycles. The molecule has 0 aliphatic carbocycles. The first kappa shape index (κ1) is 15.8. The van der Waals surface area contributed by atoms with E-state index >= 15 is 0 Å². The quantitative estimate of drug-likeness (QED) is 0.824. The van der Waals surface area contributed by atoms with E-state index in [9.17, 15) is 4.79 Å². The molecule has 0 spiro atoms. The number of Topliss-reactive ketones (excluding diaryl/α,β-unsaturated/α-hetero) is 1. The summed E-state index contributed by atoms with van der Waals surface area (Å²) in [7, 11) is 0. The number of ether oxygens (including phenoxy) is 1. The van der Waals surface area contributed by atoms with Gasteiger partial charge >= 0.3 is 0 Å². The zero-order chi connectivity index (χ0) is 15.4.